The summed E-state index contributed by atoms with van der Waals surface area (Å²) < 4.78 is 2.19. The van der Waals surface area contributed by atoms with Gasteiger partial charge in [0.05, 0.1) is 10.7 Å². The van der Waals surface area contributed by atoms with Crippen LogP contribution in [-0.2, 0) is 24.2 Å². The monoisotopic (exact) mass is 288 g/mol. The zero-order chi connectivity index (χ0) is 14.1. The predicted octanol–water partition coefficient (Wildman–Crippen LogP) is 3.04. The molecule has 1 aliphatic carbocycles. The van der Waals surface area contributed by atoms with Crippen LogP contribution < -0.4 is 5.32 Å². The molecule has 1 heterocycles. The van der Waals surface area contributed by atoms with E-state index in [4.69, 9.17) is 11.6 Å². The summed E-state index contributed by atoms with van der Waals surface area (Å²) in [6.07, 6.45) is 4.18. The first-order chi connectivity index (χ1) is 9.66. The minimum absolute atomic E-state index is 0.00413. The number of amides is 1. The number of nitrogens with one attached hydrogen (secondary N) is 1. The Morgan fingerprint density at radius 2 is 2.10 bits per heavy atom. The van der Waals surface area contributed by atoms with E-state index in [2.05, 4.69) is 28.2 Å². The van der Waals surface area contributed by atoms with E-state index in [1.165, 1.54) is 23.7 Å². The normalized spacial score (nSPS) is 12.7. The van der Waals surface area contributed by atoms with Crippen LogP contribution in [0.4, 0.5) is 0 Å². The largest absolute Gasteiger partial charge is 0.355 e. The molecule has 0 atom stereocenters. The van der Waals surface area contributed by atoms with Crippen molar-refractivity contribution < 1.29 is 4.79 Å². The van der Waals surface area contributed by atoms with Gasteiger partial charge >= 0.3 is 0 Å². The van der Waals surface area contributed by atoms with Gasteiger partial charge in [0, 0.05) is 31.8 Å². The second-order valence-corrected chi connectivity index (χ2v) is 5.55. The maximum atomic E-state index is 11.0. The topological polar surface area (TPSA) is 34.0 Å². The van der Waals surface area contributed by atoms with E-state index < -0.39 is 0 Å². The zero-order valence-corrected chi connectivity index (χ0v) is 12.2. The summed E-state index contributed by atoms with van der Waals surface area (Å²) in [6.45, 7) is 2.94. The minimum atomic E-state index is 0.00413. The van der Waals surface area contributed by atoms with Crippen LogP contribution in [0.15, 0.2) is 30.5 Å². The molecule has 3 nitrogen and oxygen atoms in total. The molecule has 0 unspecified atom stereocenters. The molecular weight excluding hydrogens is 272 g/mol. The highest BCUT2D eigenvalue weighted by Crippen LogP contribution is 2.38. The molecule has 0 fully saturated rings. The molecule has 1 N–H and O–H groups in total. The van der Waals surface area contributed by atoms with E-state index in [9.17, 15) is 4.79 Å². The number of carbonyl (C=O) groups excluding carboxylic acids is 1. The molecule has 0 spiro atoms. The Hall–Kier alpha value is -1.74. The van der Waals surface area contributed by atoms with Crippen molar-refractivity contribution in [3.8, 4) is 11.3 Å². The van der Waals surface area contributed by atoms with E-state index in [-0.39, 0.29) is 5.91 Å². The van der Waals surface area contributed by atoms with Crippen LogP contribution in [0.1, 0.15) is 18.1 Å². The third kappa shape index (κ3) is 2.34. The number of nitrogens with zero attached hydrogens (tertiary/aromatic N) is 1. The van der Waals surface area contributed by atoms with Crippen LogP contribution in [0, 0.1) is 0 Å². The van der Waals surface area contributed by atoms with Crippen molar-refractivity contribution in [3.05, 3.63) is 46.6 Å². The SMILES string of the molecule is CC(=O)NCCn1ccc2c1-c1c(Cl)cccc1CC2. The van der Waals surface area contributed by atoms with Gasteiger partial charge in [-0.1, -0.05) is 23.7 Å². The van der Waals surface area contributed by atoms with Crippen LogP contribution in [-0.4, -0.2) is 17.0 Å². The van der Waals surface area contributed by atoms with Crippen LogP contribution >= 0.6 is 11.6 Å². The van der Waals surface area contributed by atoms with E-state index in [1.54, 1.807) is 0 Å². The fourth-order valence-corrected chi connectivity index (χ4v) is 3.16. The average molecular weight is 289 g/mol. The van der Waals surface area contributed by atoms with Gasteiger partial charge in [0.25, 0.3) is 0 Å². The van der Waals surface area contributed by atoms with Crippen LogP contribution in [0.25, 0.3) is 11.3 Å². The molecule has 1 amide bonds. The van der Waals surface area contributed by atoms with Gasteiger partial charge in [-0.3, -0.25) is 4.79 Å². The van der Waals surface area contributed by atoms with Crippen LogP contribution in [0.2, 0.25) is 5.02 Å². The number of aromatic nitrogens is 1. The highest BCUT2D eigenvalue weighted by molar-refractivity contribution is 6.33. The lowest BCUT2D eigenvalue weighted by atomic mass is 9.90. The number of hydrogen-bond acceptors (Lipinski definition) is 1. The summed E-state index contributed by atoms with van der Waals surface area (Å²) >= 11 is 6.40. The summed E-state index contributed by atoms with van der Waals surface area (Å²) in [4.78, 5) is 11.0. The van der Waals surface area contributed by atoms with Gasteiger partial charge in [0.15, 0.2) is 0 Å². The van der Waals surface area contributed by atoms with Crippen molar-refractivity contribution in [1.82, 2.24) is 9.88 Å². The smallest absolute Gasteiger partial charge is 0.216 e. The molecule has 4 heteroatoms. The summed E-state index contributed by atoms with van der Waals surface area (Å²) in [5, 5.41) is 3.64. The van der Waals surface area contributed by atoms with Gasteiger partial charge in [-0.25, -0.2) is 0 Å². The van der Waals surface area contributed by atoms with E-state index in [1.807, 2.05) is 12.1 Å². The predicted molar refractivity (Wildman–Crippen MR) is 81.0 cm³/mol. The highest BCUT2D eigenvalue weighted by Gasteiger charge is 2.21. The second kappa shape index (κ2) is 5.33. The van der Waals surface area contributed by atoms with E-state index in [0.29, 0.717) is 6.54 Å². The van der Waals surface area contributed by atoms with Crippen LogP contribution in [0.5, 0.6) is 0 Å². The van der Waals surface area contributed by atoms with Gasteiger partial charge in [0.1, 0.15) is 0 Å². The molecule has 3 rings (SSSR count). The van der Waals surface area contributed by atoms with Crippen LogP contribution in [0.3, 0.4) is 0 Å². The first kappa shape index (κ1) is 13.3. The Bertz CT molecular complexity index is 660. The third-order valence-corrected chi connectivity index (χ3v) is 4.09. The molecule has 0 saturated carbocycles. The van der Waals surface area contributed by atoms with Crippen molar-refractivity contribution in [3.63, 3.8) is 0 Å². The van der Waals surface area contributed by atoms with E-state index >= 15 is 0 Å². The number of benzene rings is 1. The fourth-order valence-electron chi connectivity index (χ4n) is 2.87. The number of fused-ring (bicyclic) bond motifs is 3. The Kier molecular flexibility index (Phi) is 3.53. The van der Waals surface area contributed by atoms with Gasteiger partial charge in [-0.15, -0.1) is 0 Å². The Balaban J connectivity index is 1.96. The van der Waals surface area contributed by atoms with Crippen molar-refractivity contribution in [1.29, 1.82) is 0 Å². The lowest BCUT2D eigenvalue weighted by Gasteiger charge is -2.21. The Morgan fingerprint density at radius 1 is 1.30 bits per heavy atom. The first-order valence-corrected chi connectivity index (χ1v) is 7.25. The molecule has 1 aromatic carbocycles. The molecule has 0 radical (unpaired) electrons. The van der Waals surface area contributed by atoms with Gasteiger partial charge < -0.3 is 9.88 Å². The Labute approximate surface area is 123 Å². The lowest BCUT2D eigenvalue weighted by Crippen LogP contribution is -2.24. The quantitative estimate of drug-likeness (QED) is 0.925. The van der Waals surface area contributed by atoms with Crippen molar-refractivity contribution in [2.24, 2.45) is 0 Å². The maximum Gasteiger partial charge on any atom is 0.216 e. The summed E-state index contributed by atoms with van der Waals surface area (Å²) in [5.74, 6) is 0.00413. The van der Waals surface area contributed by atoms with Gasteiger partial charge in [-0.2, -0.15) is 0 Å². The summed E-state index contributed by atoms with van der Waals surface area (Å²) in [6, 6.07) is 8.27. The third-order valence-electron chi connectivity index (χ3n) is 3.77. The minimum Gasteiger partial charge on any atom is -0.355 e. The standard InChI is InChI=1S/C16H17ClN2O/c1-11(20)18-8-10-19-9-7-13-6-5-12-3-2-4-14(17)15(12)16(13)19/h2-4,7,9H,5-6,8,10H2,1H3,(H,18,20). The van der Waals surface area contributed by atoms with Gasteiger partial charge in [-0.05, 0) is 36.1 Å². The van der Waals surface area contributed by atoms with Crippen molar-refractivity contribution in [2.75, 3.05) is 6.54 Å². The van der Waals surface area contributed by atoms with Crippen molar-refractivity contribution in [2.45, 2.75) is 26.3 Å². The summed E-state index contributed by atoms with van der Waals surface area (Å²) in [5.41, 5.74) is 5.02. The van der Waals surface area contributed by atoms with Crippen molar-refractivity contribution >= 4 is 17.5 Å². The second-order valence-electron chi connectivity index (χ2n) is 5.14. The number of aryl methyl sites for hydroxylation is 2. The molecule has 1 aromatic heterocycles. The molecule has 2 aromatic rings. The average Bonchev–Trinajstić information content (AvgIpc) is 2.82. The number of rotatable bonds is 3. The Morgan fingerprint density at radius 3 is 2.90 bits per heavy atom. The maximum absolute atomic E-state index is 11.0. The van der Waals surface area contributed by atoms with E-state index in [0.717, 1.165) is 30.0 Å². The van der Waals surface area contributed by atoms with Gasteiger partial charge in [0.2, 0.25) is 5.91 Å². The molecule has 104 valence electrons. The molecule has 0 aliphatic heterocycles. The molecule has 1 aliphatic rings. The fraction of sp³-hybridized carbons (Fsp3) is 0.312. The zero-order valence-electron chi connectivity index (χ0n) is 11.4. The first-order valence-electron chi connectivity index (χ1n) is 6.87. The number of hydrogen-bond donors (Lipinski definition) is 1. The number of halogens is 1. The summed E-state index contributed by atoms with van der Waals surface area (Å²) in [7, 11) is 0. The molecular formula is C16H17ClN2O. The molecule has 20 heavy (non-hydrogen) atoms. The highest BCUT2D eigenvalue weighted by atomic mass is 35.5. The lowest BCUT2D eigenvalue weighted by molar-refractivity contribution is -0.118. The molecule has 0 saturated heterocycles. The molecule has 0 bridgehead atoms. The number of carbonyl (C=O) groups is 1.